The van der Waals surface area contributed by atoms with Crippen molar-refractivity contribution in [3.8, 4) is 0 Å². The van der Waals surface area contributed by atoms with E-state index in [1.807, 2.05) is 17.5 Å². The summed E-state index contributed by atoms with van der Waals surface area (Å²) in [6.07, 6.45) is 8.84. The van der Waals surface area contributed by atoms with Crippen molar-refractivity contribution < 1.29 is 4.74 Å². The summed E-state index contributed by atoms with van der Waals surface area (Å²) < 4.78 is 5.65. The molecule has 3 heterocycles. The number of nitrogens with one attached hydrogen (secondary N) is 2. The van der Waals surface area contributed by atoms with Gasteiger partial charge in [-0.05, 0) is 52.1 Å². The molecule has 0 saturated carbocycles. The molecule has 0 bridgehead atoms. The van der Waals surface area contributed by atoms with Crippen molar-refractivity contribution in [3.63, 3.8) is 0 Å². The van der Waals surface area contributed by atoms with E-state index in [4.69, 9.17) is 9.73 Å². The number of ether oxygens (including phenoxy) is 1. The highest BCUT2D eigenvalue weighted by molar-refractivity contribution is 14.0. The smallest absolute Gasteiger partial charge is 0.191 e. The lowest BCUT2D eigenvalue weighted by Crippen LogP contribution is -2.54. The molecule has 0 aromatic carbocycles. The number of nitrogens with zero attached hydrogens (tertiary/aromatic N) is 3. The van der Waals surface area contributed by atoms with Gasteiger partial charge in [-0.3, -0.25) is 9.89 Å². The summed E-state index contributed by atoms with van der Waals surface area (Å²) in [5, 5.41) is 8.11. The molecule has 0 amide bonds. The molecule has 0 aliphatic carbocycles. The minimum absolute atomic E-state index is 0. The second-order valence-electron chi connectivity index (χ2n) is 7.48. The van der Waals surface area contributed by atoms with Crippen LogP contribution in [0, 0.1) is 0 Å². The van der Waals surface area contributed by atoms with Crippen molar-refractivity contribution in [3.05, 3.63) is 16.1 Å². The molecule has 0 spiro atoms. The summed E-state index contributed by atoms with van der Waals surface area (Å²) in [5.74, 6) is 0.926. The first-order chi connectivity index (χ1) is 13.3. The molecule has 1 aromatic rings. The van der Waals surface area contributed by atoms with Crippen LogP contribution < -0.4 is 10.6 Å². The number of guanidine groups is 1. The van der Waals surface area contributed by atoms with Crippen molar-refractivity contribution in [2.45, 2.75) is 57.9 Å². The quantitative estimate of drug-likeness (QED) is 0.313. The molecule has 1 aromatic heterocycles. The number of rotatable bonds is 8. The highest BCUT2D eigenvalue weighted by Gasteiger charge is 2.39. The third kappa shape index (κ3) is 6.53. The molecule has 3 rings (SSSR count). The van der Waals surface area contributed by atoms with Gasteiger partial charge in [0.1, 0.15) is 0 Å². The Kier molecular flexibility index (Phi) is 10.5. The zero-order valence-corrected chi connectivity index (χ0v) is 20.5. The monoisotopic (exact) mass is 521 g/mol. The molecule has 2 N–H and O–H groups in total. The third-order valence-corrected chi connectivity index (χ3v) is 6.86. The first-order valence-electron chi connectivity index (χ1n) is 10.5. The van der Waals surface area contributed by atoms with Gasteiger partial charge in [0.2, 0.25) is 0 Å². The maximum Gasteiger partial charge on any atom is 0.191 e. The van der Waals surface area contributed by atoms with Crippen LogP contribution in [0.4, 0.5) is 0 Å². The second-order valence-corrected chi connectivity index (χ2v) is 8.68. The Hall–Kier alpha value is -0.450. The summed E-state index contributed by atoms with van der Waals surface area (Å²) in [5.41, 5.74) is 0.183. The summed E-state index contributed by atoms with van der Waals surface area (Å²) in [6.45, 7) is 11.0. The van der Waals surface area contributed by atoms with Crippen LogP contribution in [0.25, 0.3) is 0 Å². The van der Waals surface area contributed by atoms with Gasteiger partial charge in [-0.1, -0.05) is 6.92 Å². The van der Waals surface area contributed by atoms with Gasteiger partial charge in [-0.2, -0.15) is 0 Å². The number of thiazole rings is 1. The van der Waals surface area contributed by atoms with Gasteiger partial charge in [-0.25, -0.2) is 4.98 Å². The van der Waals surface area contributed by atoms with Crippen LogP contribution in [0.3, 0.4) is 0 Å². The van der Waals surface area contributed by atoms with E-state index < -0.39 is 0 Å². The lowest BCUT2D eigenvalue weighted by Gasteiger charge is -2.43. The number of halogens is 1. The molecule has 2 aliphatic heterocycles. The number of likely N-dealkylation sites (tertiary alicyclic amines) is 1. The normalized spacial score (nSPS) is 20.0. The number of aliphatic imine (C=N–C) groups is 1. The summed E-state index contributed by atoms with van der Waals surface area (Å²) >= 11 is 1.82. The second kappa shape index (κ2) is 12.3. The fraction of sp³-hybridized carbons (Fsp3) is 0.800. The Labute approximate surface area is 190 Å². The van der Waals surface area contributed by atoms with E-state index in [1.165, 1.54) is 35.8 Å². The average Bonchev–Trinajstić information content (AvgIpc) is 3.39. The molecule has 2 saturated heterocycles. The van der Waals surface area contributed by atoms with Gasteiger partial charge in [0.15, 0.2) is 5.96 Å². The summed E-state index contributed by atoms with van der Waals surface area (Å²) in [7, 11) is 0. The molecule has 28 heavy (non-hydrogen) atoms. The first-order valence-corrected chi connectivity index (χ1v) is 11.4. The van der Waals surface area contributed by atoms with Gasteiger partial charge < -0.3 is 15.4 Å². The fourth-order valence-electron chi connectivity index (χ4n) is 4.00. The van der Waals surface area contributed by atoms with Gasteiger partial charge in [0, 0.05) is 49.3 Å². The molecule has 2 fully saturated rings. The zero-order valence-electron chi connectivity index (χ0n) is 17.3. The SMILES string of the molecule is CCNC(=NCC1(N2CCCC2)CCOCC1)NCCc1ncc(CC)s1.I. The van der Waals surface area contributed by atoms with Crippen LogP contribution in [-0.4, -0.2) is 67.3 Å². The van der Waals surface area contributed by atoms with E-state index in [9.17, 15) is 0 Å². The summed E-state index contributed by atoms with van der Waals surface area (Å²) in [6, 6.07) is 0. The van der Waals surface area contributed by atoms with Crippen molar-refractivity contribution in [1.82, 2.24) is 20.5 Å². The van der Waals surface area contributed by atoms with Crippen molar-refractivity contribution >= 4 is 41.3 Å². The first kappa shape index (κ1) is 23.8. The van der Waals surface area contributed by atoms with E-state index >= 15 is 0 Å². The van der Waals surface area contributed by atoms with E-state index in [0.29, 0.717) is 0 Å². The standard InChI is InChI=1S/C20H35N5OS.HI/c1-3-17-15-23-18(27-17)7-10-22-19(21-4-2)24-16-20(8-13-26-14-9-20)25-11-5-6-12-25;/h15H,3-14,16H2,1-2H3,(H2,21,22,24);1H. The number of aryl methyl sites for hydroxylation is 1. The largest absolute Gasteiger partial charge is 0.381 e. The van der Waals surface area contributed by atoms with Crippen LogP contribution in [-0.2, 0) is 17.6 Å². The van der Waals surface area contributed by atoms with Crippen LogP contribution in [0.2, 0.25) is 0 Å². The van der Waals surface area contributed by atoms with Gasteiger partial charge in [-0.15, -0.1) is 35.3 Å². The van der Waals surface area contributed by atoms with E-state index in [0.717, 1.165) is 64.5 Å². The summed E-state index contributed by atoms with van der Waals surface area (Å²) in [4.78, 5) is 13.5. The maximum atomic E-state index is 5.65. The molecule has 0 radical (unpaired) electrons. The highest BCUT2D eigenvalue weighted by atomic mass is 127. The molecular weight excluding hydrogens is 485 g/mol. The lowest BCUT2D eigenvalue weighted by molar-refractivity contribution is -0.0139. The maximum absolute atomic E-state index is 5.65. The number of hydrogen-bond donors (Lipinski definition) is 2. The predicted octanol–water partition coefficient (Wildman–Crippen LogP) is 3.07. The molecule has 6 nitrogen and oxygen atoms in total. The molecule has 160 valence electrons. The molecule has 2 aliphatic rings. The van der Waals surface area contributed by atoms with Gasteiger partial charge in [0.25, 0.3) is 0 Å². The minimum Gasteiger partial charge on any atom is -0.381 e. The number of hydrogen-bond acceptors (Lipinski definition) is 5. The van der Waals surface area contributed by atoms with Gasteiger partial charge >= 0.3 is 0 Å². The van der Waals surface area contributed by atoms with Crippen molar-refractivity contribution in [1.29, 1.82) is 0 Å². The van der Waals surface area contributed by atoms with Crippen molar-refractivity contribution in [2.24, 2.45) is 4.99 Å². The molecular formula is C20H36IN5OS. The molecule has 8 heteroatoms. The van der Waals surface area contributed by atoms with Gasteiger partial charge in [0.05, 0.1) is 11.6 Å². The van der Waals surface area contributed by atoms with Crippen LogP contribution >= 0.6 is 35.3 Å². The van der Waals surface area contributed by atoms with E-state index in [2.05, 4.69) is 34.4 Å². The fourth-order valence-corrected chi connectivity index (χ4v) is 4.86. The number of aromatic nitrogens is 1. The van der Waals surface area contributed by atoms with Crippen LogP contribution in [0.5, 0.6) is 0 Å². The Morgan fingerprint density at radius 2 is 2.00 bits per heavy atom. The Morgan fingerprint density at radius 1 is 1.25 bits per heavy atom. The van der Waals surface area contributed by atoms with E-state index in [1.54, 1.807) is 0 Å². The predicted molar refractivity (Wildman–Crippen MR) is 128 cm³/mol. The van der Waals surface area contributed by atoms with Crippen LogP contribution in [0.15, 0.2) is 11.2 Å². The molecule has 0 atom stereocenters. The minimum atomic E-state index is 0. The Bertz CT molecular complexity index is 597. The Morgan fingerprint density at radius 3 is 2.64 bits per heavy atom. The third-order valence-electron chi connectivity index (χ3n) is 5.66. The highest BCUT2D eigenvalue weighted by Crippen LogP contribution is 2.31. The van der Waals surface area contributed by atoms with Crippen LogP contribution in [0.1, 0.15) is 49.4 Å². The topological polar surface area (TPSA) is 61.8 Å². The Balaban J connectivity index is 0.00000280. The van der Waals surface area contributed by atoms with E-state index in [-0.39, 0.29) is 29.5 Å². The lowest BCUT2D eigenvalue weighted by atomic mass is 9.88. The molecule has 0 unspecified atom stereocenters. The zero-order chi connectivity index (χ0) is 19.0. The average molecular weight is 522 g/mol. The van der Waals surface area contributed by atoms with Crippen molar-refractivity contribution in [2.75, 3.05) is 45.9 Å².